The van der Waals surface area contributed by atoms with Gasteiger partial charge in [-0.1, -0.05) is 134 Å². The average molecular weight is 483 g/mol. The van der Waals surface area contributed by atoms with Crippen LogP contribution in [0.2, 0.25) is 0 Å². The van der Waals surface area contributed by atoms with E-state index in [0.717, 1.165) is 37.9 Å². The van der Waals surface area contributed by atoms with E-state index in [2.05, 4.69) is 83.1 Å². The molecule has 2 nitrogen and oxygen atoms in total. The van der Waals surface area contributed by atoms with E-state index in [0.29, 0.717) is 21.7 Å². The molecule has 0 unspecified atom stereocenters. The van der Waals surface area contributed by atoms with Crippen LogP contribution in [0.5, 0.6) is 0 Å². The van der Waals surface area contributed by atoms with E-state index in [1.54, 1.807) is 0 Å². The molecule has 0 saturated carbocycles. The Balaban J connectivity index is 4.05. The molecule has 0 aromatic heterocycles. The third kappa shape index (κ3) is 11.8. The van der Waals surface area contributed by atoms with E-state index < -0.39 is 0 Å². The Kier molecular flexibility index (Phi) is 15.9. The molecule has 0 N–H and O–H groups in total. The van der Waals surface area contributed by atoms with Crippen molar-refractivity contribution in [3.05, 3.63) is 0 Å². The maximum Gasteiger partial charge on any atom is 0.0822 e. The molecule has 0 bridgehead atoms. The van der Waals surface area contributed by atoms with Crippen molar-refractivity contribution in [1.29, 1.82) is 0 Å². The van der Waals surface area contributed by atoms with E-state index in [9.17, 15) is 0 Å². The fourth-order valence-electron chi connectivity index (χ4n) is 6.15. The highest BCUT2D eigenvalue weighted by Crippen LogP contribution is 2.48. The van der Waals surface area contributed by atoms with Gasteiger partial charge in [0.05, 0.1) is 13.2 Å². The Labute approximate surface area is 216 Å². The Hall–Kier alpha value is -0.0800. The molecule has 2 heteroatoms. The second-order valence-electron chi connectivity index (χ2n) is 13.8. The predicted molar refractivity (Wildman–Crippen MR) is 152 cm³/mol. The van der Waals surface area contributed by atoms with Crippen LogP contribution in [0.15, 0.2) is 0 Å². The van der Waals surface area contributed by atoms with Gasteiger partial charge in [-0.25, -0.2) is 9.78 Å². The lowest BCUT2D eigenvalue weighted by Crippen LogP contribution is -2.35. The summed E-state index contributed by atoms with van der Waals surface area (Å²) >= 11 is 0. The van der Waals surface area contributed by atoms with Crippen LogP contribution < -0.4 is 0 Å². The van der Waals surface area contributed by atoms with Crippen LogP contribution in [0.1, 0.15) is 160 Å². The zero-order valence-electron chi connectivity index (χ0n) is 25.9. The van der Waals surface area contributed by atoms with Gasteiger partial charge in [-0.3, -0.25) is 0 Å². The molecule has 0 amide bonds. The molecule has 0 rings (SSSR count). The lowest BCUT2D eigenvalue weighted by Gasteiger charge is -2.44. The normalized spacial score (nSPS) is 13.9. The van der Waals surface area contributed by atoms with Crippen LogP contribution in [0, 0.1) is 33.5 Å². The van der Waals surface area contributed by atoms with Crippen molar-refractivity contribution >= 4 is 0 Å². The van der Waals surface area contributed by atoms with Gasteiger partial charge >= 0.3 is 0 Å². The molecule has 0 aliphatic rings. The molecule has 0 aliphatic heterocycles. The minimum absolute atomic E-state index is 0.414. The third-order valence-corrected chi connectivity index (χ3v) is 9.94. The van der Waals surface area contributed by atoms with Crippen LogP contribution in [0.3, 0.4) is 0 Å². The van der Waals surface area contributed by atoms with Crippen LogP contribution in [0.25, 0.3) is 0 Å². The quantitative estimate of drug-likeness (QED) is 0.0919. The molecule has 0 heterocycles. The first kappa shape index (κ1) is 33.9. The standard InChI is InChI=1S/C32H66O2/c1-13-29(5,6)27(30(7,8)14-2)23-19-17-21-25-33-34-26-22-18-20-24-28(31(9,10)15-3)32(11,12)16-4/h27-28H,13-26H2,1-12H3. The lowest BCUT2D eigenvalue weighted by atomic mass is 9.61. The summed E-state index contributed by atoms with van der Waals surface area (Å²) in [6.45, 7) is 30.5. The average Bonchev–Trinajstić information content (AvgIpc) is 2.78. The van der Waals surface area contributed by atoms with Gasteiger partial charge in [-0.2, -0.15) is 0 Å². The molecule has 0 aliphatic carbocycles. The third-order valence-electron chi connectivity index (χ3n) is 9.94. The smallest absolute Gasteiger partial charge is 0.0822 e. The summed E-state index contributed by atoms with van der Waals surface area (Å²) in [5, 5.41) is 0. The number of rotatable bonds is 21. The zero-order valence-corrected chi connectivity index (χ0v) is 25.9. The maximum absolute atomic E-state index is 5.49. The molecule has 0 aromatic rings. The molecule has 34 heavy (non-hydrogen) atoms. The largest absolute Gasteiger partial charge is 0.237 e. The van der Waals surface area contributed by atoms with Crippen LogP contribution in [-0.2, 0) is 9.78 Å². The van der Waals surface area contributed by atoms with Gasteiger partial charge < -0.3 is 0 Å². The van der Waals surface area contributed by atoms with E-state index in [-0.39, 0.29) is 0 Å². The van der Waals surface area contributed by atoms with Gasteiger partial charge in [0.1, 0.15) is 0 Å². The number of hydrogen-bond acceptors (Lipinski definition) is 2. The highest BCUT2D eigenvalue weighted by atomic mass is 17.2. The van der Waals surface area contributed by atoms with Crippen molar-refractivity contribution in [2.75, 3.05) is 13.2 Å². The minimum atomic E-state index is 0.414. The molecule has 0 aromatic carbocycles. The summed E-state index contributed by atoms with van der Waals surface area (Å²) in [5.74, 6) is 1.55. The molecule has 0 radical (unpaired) electrons. The first-order valence-electron chi connectivity index (χ1n) is 15.0. The molecule has 0 saturated heterocycles. The molecular formula is C32H66O2. The summed E-state index contributed by atoms with van der Waals surface area (Å²) in [5.41, 5.74) is 1.66. The Morgan fingerprint density at radius 2 is 0.676 bits per heavy atom. The van der Waals surface area contributed by atoms with Crippen molar-refractivity contribution in [2.45, 2.75) is 160 Å². The van der Waals surface area contributed by atoms with Crippen molar-refractivity contribution < 1.29 is 9.78 Å². The molecule has 0 atom stereocenters. The maximum atomic E-state index is 5.49. The van der Waals surface area contributed by atoms with Gasteiger partial charge in [0, 0.05) is 0 Å². The highest BCUT2D eigenvalue weighted by Gasteiger charge is 2.38. The van der Waals surface area contributed by atoms with Gasteiger partial charge in [0.25, 0.3) is 0 Å². The fraction of sp³-hybridized carbons (Fsp3) is 1.00. The Bertz CT molecular complexity index is 425. The molecule has 0 spiro atoms. The Morgan fingerprint density at radius 3 is 0.912 bits per heavy atom. The van der Waals surface area contributed by atoms with E-state index in [1.165, 1.54) is 64.2 Å². The second kappa shape index (κ2) is 15.9. The van der Waals surface area contributed by atoms with E-state index in [4.69, 9.17) is 9.78 Å². The Morgan fingerprint density at radius 1 is 0.412 bits per heavy atom. The highest BCUT2D eigenvalue weighted by molar-refractivity contribution is 4.88. The fourth-order valence-corrected chi connectivity index (χ4v) is 6.15. The van der Waals surface area contributed by atoms with Crippen molar-refractivity contribution in [1.82, 2.24) is 0 Å². The number of unbranched alkanes of at least 4 members (excludes halogenated alkanes) is 4. The molecular weight excluding hydrogens is 416 g/mol. The summed E-state index contributed by atoms with van der Waals surface area (Å²) in [6, 6.07) is 0. The second-order valence-corrected chi connectivity index (χ2v) is 13.8. The monoisotopic (exact) mass is 483 g/mol. The summed E-state index contributed by atoms with van der Waals surface area (Å²) in [6.07, 6.45) is 14.9. The zero-order chi connectivity index (χ0) is 26.5. The van der Waals surface area contributed by atoms with Gasteiger partial charge in [0.15, 0.2) is 0 Å². The van der Waals surface area contributed by atoms with E-state index in [1.807, 2.05) is 0 Å². The first-order valence-corrected chi connectivity index (χ1v) is 15.0. The number of hydrogen-bond donors (Lipinski definition) is 0. The lowest BCUT2D eigenvalue weighted by molar-refractivity contribution is -0.295. The summed E-state index contributed by atoms with van der Waals surface area (Å²) in [4.78, 5) is 11.0. The van der Waals surface area contributed by atoms with Crippen LogP contribution in [-0.4, -0.2) is 13.2 Å². The van der Waals surface area contributed by atoms with Crippen LogP contribution in [0.4, 0.5) is 0 Å². The minimum Gasteiger partial charge on any atom is -0.237 e. The first-order chi connectivity index (χ1) is 15.7. The summed E-state index contributed by atoms with van der Waals surface area (Å²) in [7, 11) is 0. The molecule has 206 valence electrons. The van der Waals surface area contributed by atoms with Gasteiger partial charge in [-0.15, -0.1) is 0 Å². The van der Waals surface area contributed by atoms with Gasteiger partial charge in [-0.05, 0) is 59.2 Å². The SMILES string of the molecule is CCC(C)(C)C(CCCCCOOCCCCCC(C(C)(C)CC)C(C)(C)CC)C(C)(C)CC. The van der Waals surface area contributed by atoms with Crippen LogP contribution >= 0.6 is 0 Å². The van der Waals surface area contributed by atoms with E-state index >= 15 is 0 Å². The van der Waals surface area contributed by atoms with Crippen molar-refractivity contribution in [3.8, 4) is 0 Å². The molecule has 0 fully saturated rings. The van der Waals surface area contributed by atoms with Crippen molar-refractivity contribution in [3.63, 3.8) is 0 Å². The predicted octanol–water partition coefficient (Wildman–Crippen LogP) is 11.0. The topological polar surface area (TPSA) is 18.5 Å². The summed E-state index contributed by atoms with van der Waals surface area (Å²) < 4.78 is 0. The van der Waals surface area contributed by atoms with Crippen molar-refractivity contribution in [2.24, 2.45) is 33.5 Å². The van der Waals surface area contributed by atoms with Gasteiger partial charge in [0.2, 0.25) is 0 Å².